The van der Waals surface area contributed by atoms with E-state index < -0.39 is 0 Å². The predicted molar refractivity (Wildman–Crippen MR) is 108 cm³/mol. The molecule has 1 aromatic carbocycles. The largest absolute Gasteiger partial charge is 0.496 e. The number of pyridine rings is 2. The summed E-state index contributed by atoms with van der Waals surface area (Å²) < 4.78 is 5.50. The summed E-state index contributed by atoms with van der Waals surface area (Å²) >= 11 is 0. The van der Waals surface area contributed by atoms with E-state index in [1.54, 1.807) is 25.7 Å². The molecule has 0 amide bonds. The Morgan fingerprint density at radius 1 is 1.04 bits per heavy atom. The van der Waals surface area contributed by atoms with Gasteiger partial charge in [-0.3, -0.25) is 4.98 Å². The van der Waals surface area contributed by atoms with Gasteiger partial charge in [0.2, 0.25) is 0 Å². The minimum Gasteiger partial charge on any atom is -0.496 e. The van der Waals surface area contributed by atoms with Crippen LogP contribution in [0.1, 0.15) is 22.3 Å². The van der Waals surface area contributed by atoms with E-state index in [1.807, 2.05) is 55.5 Å². The number of nitrogens with zero attached hydrogens (tertiary/aromatic N) is 2. The normalized spacial score (nSPS) is 10.7. The summed E-state index contributed by atoms with van der Waals surface area (Å²) in [5.41, 5.74) is 4.84. The molecule has 3 aromatic rings. The van der Waals surface area contributed by atoms with Gasteiger partial charge in [0.25, 0.3) is 0 Å². The lowest BCUT2D eigenvalue weighted by molar-refractivity contribution is 0.413. The highest BCUT2D eigenvalue weighted by atomic mass is 16.5. The molecule has 1 N–H and O–H groups in total. The summed E-state index contributed by atoms with van der Waals surface area (Å²) in [7, 11) is 1.66. The lowest BCUT2D eigenvalue weighted by atomic mass is 10.1. The number of hydrogen-bond acceptors (Lipinski definition) is 4. The first-order valence-electron chi connectivity index (χ1n) is 8.31. The second kappa shape index (κ2) is 8.12. The zero-order valence-corrected chi connectivity index (χ0v) is 14.9. The Morgan fingerprint density at radius 2 is 1.81 bits per heavy atom. The summed E-state index contributed by atoms with van der Waals surface area (Å²) in [6, 6.07) is 13.8. The van der Waals surface area contributed by atoms with Gasteiger partial charge in [0.1, 0.15) is 11.6 Å². The highest BCUT2D eigenvalue weighted by molar-refractivity contribution is 5.80. The van der Waals surface area contributed by atoms with Crippen molar-refractivity contribution in [3.63, 3.8) is 0 Å². The van der Waals surface area contributed by atoms with Crippen molar-refractivity contribution in [1.82, 2.24) is 9.97 Å². The van der Waals surface area contributed by atoms with Gasteiger partial charge >= 0.3 is 0 Å². The smallest absolute Gasteiger partial charge is 0.133 e. The summed E-state index contributed by atoms with van der Waals surface area (Å²) in [4.78, 5) is 8.40. The van der Waals surface area contributed by atoms with Crippen LogP contribution in [0.3, 0.4) is 0 Å². The molecule has 0 atom stereocenters. The molecule has 26 heavy (non-hydrogen) atoms. The van der Waals surface area contributed by atoms with Crippen LogP contribution in [0.2, 0.25) is 0 Å². The molecular formula is C22H21N3O. The average molecular weight is 343 g/mol. The Kier molecular flexibility index (Phi) is 5.44. The molecule has 0 spiro atoms. The number of rotatable bonds is 6. The molecule has 130 valence electrons. The fraction of sp³-hybridized carbons (Fsp3) is 0.0909. The molecule has 0 aliphatic carbocycles. The van der Waals surface area contributed by atoms with Gasteiger partial charge in [-0.25, -0.2) is 4.98 Å². The first-order valence-corrected chi connectivity index (χ1v) is 8.31. The molecule has 0 saturated heterocycles. The molecule has 0 saturated carbocycles. The van der Waals surface area contributed by atoms with Gasteiger partial charge in [-0.05, 0) is 53.9 Å². The number of benzene rings is 1. The van der Waals surface area contributed by atoms with Crippen molar-refractivity contribution in [2.24, 2.45) is 0 Å². The fourth-order valence-corrected chi connectivity index (χ4v) is 2.56. The van der Waals surface area contributed by atoms with Crippen LogP contribution in [0.15, 0.2) is 67.6 Å². The van der Waals surface area contributed by atoms with Crippen LogP contribution in [0.5, 0.6) is 5.75 Å². The molecule has 0 fully saturated rings. The number of aryl methyl sites for hydroxylation is 1. The Hall–Kier alpha value is -3.40. The highest BCUT2D eigenvalue weighted by Crippen LogP contribution is 2.28. The fourth-order valence-electron chi connectivity index (χ4n) is 2.56. The third-order valence-corrected chi connectivity index (χ3v) is 4.00. The average Bonchev–Trinajstić information content (AvgIpc) is 2.68. The molecule has 0 unspecified atom stereocenters. The summed E-state index contributed by atoms with van der Waals surface area (Å²) in [6.45, 7) is 6.17. The lowest BCUT2D eigenvalue weighted by Crippen LogP contribution is -2.03. The van der Waals surface area contributed by atoms with E-state index in [0.29, 0.717) is 0 Å². The van der Waals surface area contributed by atoms with E-state index >= 15 is 0 Å². The summed E-state index contributed by atoms with van der Waals surface area (Å²) in [5.74, 6) is 1.55. The number of hydrogen-bond donors (Lipinski definition) is 1. The van der Waals surface area contributed by atoms with Gasteiger partial charge in [0.05, 0.1) is 7.11 Å². The third-order valence-electron chi connectivity index (χ3n) is 4.00. The Morgan fingerprint density at radius 3 is 2.54 bits per heavy atom. The number of anilines is 1. The molecule has 0 radical (unpaired) electrons. The highest BCUT2D eigenvalue weighted by Gasteiger charge is 2.09. The van der Waals surface area contributed by atoms with Gasteiger partial charge < -0.3 is 10.1 Å². The third kappa shape index (κ3) is 4.16. The van der Waals surface area contributed by atoms with Crippen molar-refractivity contribution in [1.29, 1.82) is 0 Å². The number of methoxy groups -OCH3 is 1. The van der Waals surface area contributed by atoms with E-state index in [1.165, 1.54) is 0 Å². The predicted octanol–water partition coefficient (Wildman–Crippen LogP) is 5.05. The van der Waals surface area contributed by atoms with Crippen LogP contribution in [0.4, 0.5) is 5.82 Å². The van der Waals surface area contributed by atoms with Gasteiger partial charge in [0.15, 0.2) is 0 Å². The molecule has 4 heteroatoms. The van der Waals surface area contributed by atoms with E-state index in [2.05, 4.69) is 27.9 Å². The van der Waals surface area contributed by atoms with Crippen LogP contribution in [-0.2, 0) is 0 Å². The van der Waals surface area contributed by atoms with Crippen molar-refractivity contribution >= 4 is 23.7 Å². The van der Waals surface area contributed by atoms with Crippen LogP contribution < -0.4 is 10.1 Å². The number of aromatic nitrogens is 2. The monoisotopic (exact) mass is 343 g/mol. The molecule has 2 aromatic heterocycles. The summed E-state index contributed by atoms with van der Waals surface area (Å²) in [5, 5.41) is 3.28. The number of ether oxygens (including phenoxy) is 1. The van der Waals surface area contributed by atoms with E-state index in [-0.39, 0.29) is 0 Å². The molecule has 0 aliphatic heterocycles. The molecule has 0 aliphatic rings. The second-order valence-corrected chi connectivity index (χ2v) is 5.85. The first-order chi connectivity index (χ1) is 12.7. The molecule has 4 nitrogen and oxygen atoms in total. The van der Waals surface area contributed by atoms with Crippen LogP contribution >= 0.6 is 0 Å². The molecule has 0 bridgehead atoms. The summed E-state index contributed by atoms with van der Waals surface area (Å²) in [6.07, 6.45) is 9.41. The standard InChI is InChI=1S/C22H21N3O/c1-16-5-4-12-24-22(16)25-17(2)20-15-19(8-9-21(20)26-3)7-6-18-10-13-23-14-11-18/h4-15H,2H2,1,3H3,(H,24,25)/b7-6+. The maximum Gasteiger partial charge on any atom is 0.133 e. The van der Waals surface area contributed by atoms with Crippen molar-refractivity contribution in [3.05, 3.63) is 89.9 Å². The Bertz CT molecular complexity index is 933. The van der Waals surface area contributed by atoms with Gasteiger partial charge in [0, 0.05) is 29.9 Å². The quantitative estimate of drug-likeness (QED) is 0.680. The van der Waals surface area contributed by atoms with Crippen LogP contribution in [0, 0.1) is 6.92 Å². The van der Waals surface area contributed by atoms with E-state index in [9.17, 15) is 0 Å². The van der Waals surface area contributed by atoms with Crippen molar-refractivity contribution < 1.29 is 4.74 Å². The first kappa shape index (κ1) is 17.4. The van der Waals surface area contributed by atoms with Gasteiger partial charge in [-0.15, -0.1) is 0 Å². The van der Waals surface area contributed by atoms with Crippen LogP contribution in [-0.4, -0.2) is 17.1 Å². The zero-order valence-electron chi connectivity index (χ0n) is 14.9. The Balaban J connectivity index is 1.87. The minimum absolute atomic E-state index is 0.739. The second-order valence-electron chi connectivity index (χ2n) is 5.85. The van der Waals surface area contributed by atoms with Crippen molar-refractivity contribution in [3.8, 4) is 5.75 Å². The SMILES string of the molecule is C=C(Nc1ncccc1C)c1cc(/C=C/c2ccncc2)ccc1OC. The zero-order chi connectivity index (χ0) is 18.4. The van der Waals surface area contributed by atoms with Gasteiger partial charge in [-0.2, -0.15) is 0 Å². The molecular weight excluding hydrogens is 322 g/mol. The van der Waals surface area contributed by atoms with E-state index in [0.717, 1.165) is 39.5 Å². The topological polar surface area (TPSA) is 47.0 Å². The minimum atomic E-state index is 0.739. The maximum atomic E-state index is 5.50. The van der Waals surface area contributed by atoms with Crippen molar-refractivity contribution in [2.45, 2.75) is 6.92 Å². The van der Waals surface area contributed by atoms with Crippen LogP contribution in [0.25, 0.3) is 17.8 Å². The van der Waals surface area contributed by atoms with E-state index in [4.69, 9.17) is 4.74 Å². The molecule has 2 heterocycles. The van der Waals surface area contributed by atoms with Crippen molar-refractivity contribution in [2.75, 3.05) is 12.4 Å². The number of nitrogens with one attached hydrogen (secondary N) is 1. The van der Waals surface area contributed by atoms with Gasteiger partial charge in [-0.1, -0.05) is 30.9 Å². The lowest BCUT2D eigenvalue weighted by Gasteiger charge is -2.15. The Labute approximate surface area is 153 Å². The molecule has 3 rings (SSSR count). The maximum absolute atomic E-state index is 5.50.